The molecule has 1 fully saturated rings. The minimum atomic E-state index is -0.270. The number of hydrogen-bond acceptors (Lipinski definition) is 3. The number of benzene rings is 1. The van der Waals surface area contributed by atoms with Crippen LogP contribution in [0, 0.1) is 0 Å². The Morgan fingerprint density at radius 3 is 2.78 bits per heavy atom. The summed E-state index contributed by atoms with van der Waals surface area (Å²) in [5, 5.41) is 13.5. The van der Waals surface area contributed by atoms with E-state index >= 15 is 0 Å². The van der Waals surface area contributed by atoms with Gasteiger partial charge in [-0.2, -0.15) is 0 Å². The van der Waals surface area contributed by atoms with Crippen molar-refractivity contribution in [3.63, 3.8) is 0 Å². The highest BCUT2D eigenvalue weighted by Gasteiger charge is 2.29. The van der Waals surface area contributed by atoms with E-state index in [0.717, 1.165) is 10.1 Å². The van der Waals surface area contributed by atoms with Gasteiger partial charge in [-0.1, -0.05) is 29.8 Å². The van der Waals surface area contributed by atoms with Crippen molar-refractivity contribution in [2.45, 2.75) is 25.0 Å². The number of thiophene rings is 1. The van der Waals surface area contributed by atoms with Gasteiger partial charge in [-0.3, -0.25) is 4.79 Å². The summed E-state index contributed by atoms with van der Waals surface area (Å²) in [4.78, 5) is 12.6. The maximum atomic E-state index is 12.1. The fourth-order valence-corrected chi connectivity index (χ4v) is 3.54. The maximum Gasteiger partial charge on any atom is 0.263 e. The maximum absolute atomic E-state index is 12.1. The molecule has 1 aromatic heterocycles. The molecule has 0 aliphatic heterocycles. The highest BCUT2D eigenvalue weighted by atomic mass is 35.5. The molecule has 0 unspecified atom stereocenters. The number of carbonyl (C=O) groups excluding carboxylic acids is 1. The SMILES string of the molecule is O=C(NC1CC(O)C1)c1sc2ccccc2c1Cl. The Labute approximate surface area is 113 Å². The molecule has 1 amide bonds. The predicted octanol–water partition coefficient (Wildman–Crippen LogP) is 2.81. The third-order valence-corrected chi connectivity index (χ3v) is 4.86. The van der Waals surface area contributed by atoms with E-state index in [0.29, 0.717) is 22.7 Å². The number of amides is 1. The van der Waals surface area contributed by atoms with Crippen molar-refractivity contribution in [2.24, 2.45) is 0 Å². The molecule has 1 saturated carbocycles. The van der Waals surface area contributed by atoms with E-state index in [-0.39, 0.29) is 18.1 Å². The van der Waals surface area contributed by atoms with E-state index in [1.54, 1.807) is 0 Å². The summed E-state index contributed by atoms with van der Waals surface area (Å²) in [6.45, 7) is 0. The van der Waals surface area contributed by atoms with Gasteiger partial charge in [-0.25, -0.2) is 0 Å². The first-order valence-electron chi connectivity index (χ1n) is 5.81. The molecule has 0 atom stereocenters. The van der Waals surface area contributed by atoms with Crippen molar-refractivity contribution in [1.29, 1.82) is 0 Å². The molecular formula is C13H12ClNO2S. The molecule has 1 aliphatic carbocycles. The van der Waals surface area contributed by atoms with Crippen molar-refractivity contribution in [3.05, 3.63) is 34.2 Å². The molecule has 1 aliphatic rings. The lowest BCUT2D eigenvalue weighted by Gasteiger charge is -2.31. The Morgan fingerprint density at radius 1 is 1.39 bits per heavy atom. The average molecular weight is 282 g/mol. The van der Waals surface area contributed by atoms with Crippen LogP contribution in [0.1, 0.15) is 22.5 Å². The van der Waals surface area contributed by atoms with Gasteiger partial charge in [0.2, 0.25) is 0 Å². The molecule has 1 heterocycles. The first-order chi connectivity index (χ1) is 8.65. The van der Waals surface area contributed by atoms with Gasteiger partial charge in [0.05, 0.1) is 11.1 Å². The molecule has 0 radical (unpaired) electrons. The fraction of sp³-hybridized carbons (Fsp3) is 0.308. The summed E-state index contributed by atoms with van der Waals surface area (Å²) >= 11 is 7.63. The number of hydrogen-bond donors (Lipinski definition) is 2. The summed E-state index contributed by atoms with van der Waals surface area (Å²) in [6.07, 6.45) is 0.996. The number of fused-ring (bicyclic) bond motifs is 1. The van der Waals surface area contributed by atoms with Gasteiger partial charge in [0, 0.05) is 16.1 Å². The van der Waals surface area contributed by atoms with Gasteiger partial charge in [0.15, 0.2) is 0 Å². The highest BCUT2D eigenvalue weighted by molar-refractivity contribution is 7.21. The molecular weight excluding hydrogens is 270 g/mol. The van der Waals surface area contributed by atoms with Crippen LogP contribution >= 0.6 is 22.9 Å². The molecule has 3 rings (SSSR count). The van der Waals surface area contributed by atoms with Crippen LogP contribution in [0.4, 0.5) is 0 Å². The minimum absolute atomic E-state index is 0.0776. The molecule has 3 nitrogen and oxygen atoms in total. The Hall–Kier alpha value is -1.10. The Kier molecular flexibility index (Phi) is 3.01. The van der Waals surface area contributed by atoms with Crippen LogP contribution in [-0.2, 0) is 0 Å². The van der Waals surface area contributed by atoms with Gasteiger partial charge in [-0.05, 0) is 18.9 Å². The second-order valence-corrected chi connectivity index (χ2v) is 5.97. The van der Waals surface area contributed by atoms with E-state index in [9.17, 15) is 9.90 Å². The Balaban J connectivity index is 1.85. The van der Waals surface area contributed by atoms with Gasteiger partial charge in [0.1, 0.15) is 4.88 Å². The number of halogens is 1. The van der Waals surface area contributed by atoms with E-state index < -0.39 is 0 Å². The van der Waals surface area contributed by atoms with Crippen LogP contribution in [0.15, 0.2) is 24.3 Å². The monoisotopic (exact) mass is 281 g/mol. The molecule has 1 aromatic carbocycles. The number of aliphatic hydroxyl groups excluding tert-OH is 1. The van der Waals surface area contributed by atoms with Crippen molar-refractivity contribution in [2.75, 3.05) is 0 Å². The van der Waals surface area contributed by atoms with Crippen molar-refractivity contribution in [3.8, 4) is 0 Å². The van der Waals surface area contributed by atoms with Gasteiger partial charge < -0.3 is 10.4 Å². The summed E-state index contributed by atoms with van der Waals surface area (Å²) in [7, 11) is 0. The average Bonchev–Trinajstić information content (AvgIpc) is 2.66. The van der Waals surface area contributed by atoms with Crippen LogP contribution in [-0.4, -0.2) is 23.2 Å². The van der Waals surface area contributed by atoms with E-state index in [1.807, 2.05) is 24.3 Å². The van der Waals surface area contributed by atoms with Crippen molar-refractivity contribution >= 4 is 38.9 Å². The molecule has 18 heavy (non-hydrogen) atoms. The van der Waals surface area contributed by atoms with Crippen LogP contribution < -0.4 is 5.32 Å². The standard InChI is InChI=1S/C13H12ClNO2S/c14-11-9-3-1-2-4-10(9)18-12(11)13(17)15-7-5-8(16)6-7/h1-4,7-8,16H,5-6H2,(H,15,17). The molecule has 0 bridgehead atoms. The van der Waals surface area contributed by atoms with Gasteiger partial charge >= 0.3 is 0 Å². The largest absolute Gasteiger partial charge is 0.393 e. The first-order valence-corrected chi connectivity index (χ1v) is 7.00. The zero-order valence-electron chi connectivity index (χ0n) is 9.52. The summed E-state index contributed by atoms with van der Waals surface area (Å²) in [5.41, 5.74) is 0. The van der Waals surface area contributed by atoms with Crippen LogP contribution in [0.25, 0.3) is 10.1 Å². The fourth-order valence-electron chi connectivity index (χ4n) is 2.12. The lowest BCUT2D eigenvalue weighted by Crippen LogP contribution is -2.46. The van der Waals surface area contributed by atoms with Crippen LogP contribution in [0.2, 0.25) is 5.02 Å². The van der Waals surface area contributed by atoms with Gasteiger partial charge in [-0.15, -0.1) is 11.3 Å². The Bertz CT molecular complexity index is 604. The third-order valence-electron chi connectivity index (χ3n) is 3.19. The molecule has 2 N–H and O–H groups in total. The summed E-state index contributed by atoms with van der Waals surface area (Å²) < 4.78 is 1.02. The molecule has 0 spiro atoms. The molecule has 0 saturated heterocycles. The van der Waals surface area contributed by atoms with E-state index in [2.05, 4.69) is 5.32 Å². The third kappa shape index (κ3) is 2.00. The number of carbonyl (C=O) groups is 1. The molecule has 2 aromatic rings. The lowest BCUT2D eigenvalue weighted by atomic mass is 9.89. The zero-order valence-corrected chi connectivity index (χ0v) is 11.1. The van der Waals surface area contributed by atoms with Gasteiger partial charge in [0.25, 0.3) is 5.91 Å². The van der Waals surface area contributed by atoms with E-state index in [1.165, 1.54) is 11.3 Å². The second kappa shape index (κ2) is 4.53. The quantitative estimate of drug-likeness (QED) is 0.889. The molecule has 5 heteroatoms. The lowest BCUT2D eigenvalue weighted by molar-refractivity contribution is 0.0564. The summed E-state index contributed by atoms with van der Waals surface area (Å²) in [5.74, 6) is -0.141. The second-order valence-electron chi connectivity index (χ2n) is 4.54. The number of aliphatic hydroxyl groups is 1. The van der Waals surface area contributed by atoms with Crippen molar-refractivity contribution < 1.29 is 9.90 Å². The van der Waals surface area contributed by atoms with Crippen LogP contribution in [0.3, 0.4) is 0 Å². The predicted molar refractivity (Wildman–Crippen MR) is 73.3 cm³/mol. The minimum Gasteiger partial charge on any atom is -0.393 e. The normalized spacial score (nSPS) is 22.8. The van der Waals surface area contributed by atoms with Crippen LogP contribution in [0.5, 0.6) is 0 Å². The van der Waals surface area contributed by atoms with E-state index in [4.69, 9.17) is 11.6 Å². The topological polar surface area (TPSA) is 49.3 Å². The molecule has 94 valence electrons. The zero-order chi connectivity index (χ0) is 12.7. The number of rotatable bonds is 2. The first kappa shape index (κ1) is 12.0. The highest BCUT2D eigenvalue weighted by Crippen LogP contribution is 2.35. The number of nitrogens with one attached hydrogen (secondary N) is 1. The van der Waals surface area contributed by atoms with Crippen molar-refractivity contribution in [1.82, 2.24) is 5.32 Å². The summed E-state index contributed by atoms with van der Waals surface area (Å²) in [6, 6.07) is 7.78. The smallest absolute Gasteiger partial charge is 0.263 e. The Morgan fingerprint density at radius 2 is 2.11 bits per heavy atom.